The van der Waals surface area contributed by atoms with Gasteiger partial charge in [-0.1, -0.05) is 36.0 Å². The molecular weight excluding hydrogens is 305 g/mol. The smallest absolute Gasteiger partial charge is 0.0764 e. The summed E-state index contributed by atoms with van der Waals surface area (Å²) in [7, 11) is 0. The molecule has 1 aromatic rings. The monoisotopic (exact) mass is 327 g/mol. The molecule has 1 aromatic carbocycles. The van der Waals surface area contributed by atoms with Gasteiger partial charge in [0.25, 0.3) is 0 Å². The molecule has 21 heavy (non-hydrogen) atoms. The van der Waals surface area contributed by atoms with Gasteiger partial charge in [0.05, 0.1) is 6.10 Å². The number of rotatable bonds is 4. The lowest BCUT2D eigenvalue weighted by molar-refractivity contribution is -0.0171. The number of benzene rings is 1. The summed E-state index contributed by atoms with van der Waals surface area (Å²) in [4.78, 5) is 2.53. The zero-order chi connectivity index (χ0) is 14.9. The zero-order valence-electron chi connectivity index (χ0n) is 12.3. The SMILES string of the molecule is OC(Cc1cc(Cl)ccc1Cl)C1(N2CCCC2)CCCC1. The van der Waals surface area contributed by atoms with E-state index in [1.165, 1.54) is 25.7 Å². The molecule has 2 aliphatic rings. The van der Waals surface area contributed by atoms with Gasteiger partial charge in [-0.3, -0.25) is 4.90 Å². The predicted octanol–water partition coefficient (Wildman–Crippen LogP) is 4.31. The van der Waals surface area contributed by atoms with Crippen molar-refractivity contribution in [3.63, 3.8) is 0 Å². The molecule has 0 amide bonds. The van der Waals surface area contributed by atoms with Crippen LogP contribution in [0, 0.1) is 0 Å². The van der Waals surface area contributed by atoms with Gasteiger partial charge in [-0.25, -0.2) is 0 Å². The fraction of sp³-hybridized carbons (Fsp3) is 0.647. The van der Waals surface area contributed by atoms with Crippen LogP contribution in [0.2, 0.25) is 10.0 Å². The summed E-state index contributed by atoms with van der Waals surface area (Å²) in [5.41, 5.74) is 0.921. The van der Waals surface area contributed by atoms with Gasteiger partial charge >= 0.3 is 0 Å². The topological polar surface area (TPSA) is 23.5 Å². The number of nitrogens with zero attached hydrogens (tertiary/aromatic N) is 1. The number of hydrogen-bond acceptors (Lipinski definition) is 2. The molecule has 1 aliphatic heterocycles. The first-order valence-electron chi connectivity index (χ1n) is 7.99. The Morgan fingerprint density at radius 2 is 1.76 bits per heavy atom. The standard InChI is InChI=1S/C17H23Cl2NO/c18-14-5-6-15(19)13(11-14)12-16(21)17(7-1-2-8-17)20-9-3-4-10-20/h5-6,11,16,21H,1-4,7-10,12H2. The molecule has 4 heteroatoms. The van der Waals surface area contributed by atoms with Gasteiger partial charge in [0, 0.05) is 22.0 Å². The summed E-state index contributed by atoms with van der Waals surface area (Å²) in [5.74, 6) is 0. The van der Waals surface area contributed by atoms with E-state index >= 15 is 0 Å². The molecule has 0 aromatic heterocycles. The van der Waals surface area contributed by atoms with Crippen molar-refractivity contribution in [1.82, 2.24) is 4.90 Å². The number of aliphatic hydroxyl groups is 1. The molecule has 1 unspecified atom stereocenters. The van der Waals surface area contributed by atoms with Crippen molar-refractivity contribution in [2.24, 2.45) is 0 Å². The van der Waals surface area contributed by atoms with Gasteiger partial charge in [-0.05, 0) is 62.5 Å². The summed E-state index contributed by atoms with van der Waals surface area (Å²) >= 11 is 12.3. The molecule has 2 fully saturated rings. The quantitative estimate of drug-likeness (QED) is 0.890. The Labute approximate surface area is 137 Å². The van der Waals surface area contributed by atoms with E-state index in [9.17, 15) is 5.11 Å². The second-order valence-electron chi connectivity index (χ2n) is 6.46. The second kappa shape index (κ2) is 6.45. The van der Waals surface area contributed by atoms with Crippen LogP contribution in [0.25, 0.3) is 0 Å². The molecule has 0 bridgehead atoms. The number of halogens is 2. The van der Waals surface area contributed by atoms with Crippen molar-refractivity contribution in [3.05, 3.63) is 33.8 Å². The fourth-order valence-electron chi connectivity index (χ4n) is 4.11. The maximum atomic E-state index is 11.0. The van der Waals surface area contributed by atoms with Crippen LogP contribution in [0.4, 0.5) is 0 Å². The molecule has 1 heterocycles. The molecule has 1 aliphatic carbocycles. The highest BCUT2D eigenvalue weighted by molar-refractivity contribution is 6.33. The molecule has 2 nitrogen and oxygen atoms in total. The van der Waals surface area contributed by atoms with Gasteiger partial charge < -0.3 is 5.11 Å². The van der Waals surface area contributed by atoms with Gasteiger partial charge in [-0.2, -0.15) is 0 Å². The number of aliphatic hydroxyl groups excluding tert-OH is 1. The highest BCUT2D eigenvalue weighted by atomic mass is 35.5. The number of likely N-dealkylation sites (tertiary alicyclic amines) is 1. The summed E-state index contributed by atoms with van der Waals surface area (Å²) in [6.45, 7) is 2.25. The Morgan fingerprint density at radius 1 is 1.10 bits per heavy atom. The summed E-state index contributed by atoms with van der Waals surface area (Å²) in [5, 5.41) is 12.4. The Morgan fingerprint density at radius 3 is 2.43 bits per heavy atom. The first-order chi connectivity index (χ1) is 10.1. The highest BCUT2D eigenvalue weighted by Crippen LogP contribution is 2.41. The summed E-state index contributed by atoms with van der Waals surface area (Å²) in [6, 6.07) is 5.51. The minimum Gasteiger partial charge on any atom is -0.391 e. The average Bonchev–Trinajstić information content (AvgIpc) is 3.13. The predicted molar refractivity (Wildman–Crippen MR) is 88.2 cm³/mol. The normalized spacial score (nSPS) is 23.6. The van der Waals surface area contributed by atoms with E-state index in [4.69, 9.17) is 23.2 Å². The average molecular weight is 328 g/mol. The van der Waals surface area contributed by atoms with Crippen molar-refractivity contribution in [1.29, 1.82) is 0 Å². The van der Waals surface area contributed by atoms with Crippen molar-refractivity contribution < 1.29 is 5.11 Å². The van der Waals surface area contributed by atoms with Gasteiger partial charge in [0.2, 0.25) is 0 Å². The van der Waals surface area contributed by atoms with Crippen LogP contribution in [0.1, 0.15) is 44.1 Å². The molecule has 1 saturated carbocycles. The van der Waals surface area contributed by atoms with E-state index in [-0.39, 0.29) is 11.6 Å². The molecule has 116 valence electrons. The Hall–Kier alpha value is -0.280. The van der Waals surface area contributed by atoms with Gasteiger partial charge in [0.1, 0.15) is 0 Å². The molecular formula is C17H23Cl2NO. The van der Waals surface area contributed by atoms with E-state index in [1.54, 1.807) is 6.07 Å². The Balaban J connectivity index is 1.81. The van der Waals surface area contributed by atoms with Crippen LogP contribution in [-0.2, 0) is 6.42 Å². The van der Waals surface area contributed by atoms with Crippen molar-refractivity contribution in [2.45, 2.75) is 56.6 Å². The van der Waals surface area contributed by atoms with Crippen LogP contribution in [0.5, 0.6) is 0 Å². The third kappa shape index (κ3) is 3.10. The van der Waals surface area contributed by atoms with Crippen LogP contribution < -0.4 is 0 Å². The van der Waals surface area contributed by atoms with Crippen LogP contribution in [0.15, 0.2) is 18.2 Å². The lowest BCUT2D eigenvalue weighted by Gasteiger charge is -2.43. The third-order valence-electron chi connectivity index (χ3n) is 5.25. The van der Waals surface area contributed by atoms with Crippen LogP contribution >= 0.6 is 23.2 Å². The first kappa shape index (κ1) is 15.6. The van der Waals surface area contributed by atoms with E-state index in [0.717, 1.165) is 31.5 Å². The van der Waals surface area contributed by atoms with Crippen molar-refractivity contribution >= 4 is 23.2 Å². The van der Waals surface area contributed by atoms with E-state index in [2.05, 4.69) is 4.90 Å². The zero-order valence-corrected chi connectivity index (χ0v) is 13.8. The first-order valence-corrected chi connectivity index (χ1v) is 8.74. The second-order valence-corrected chi connectivity index (χ2v) is 7.30. The van der Waals surface area contributed by atoms with Crippen LogP contribution in [0.3, 0.4) is 0 Å². The van der Waals surface area contributed by atoms with E-state index < -0.39 is 0 Å². The van der Waals surface area contributed by atoms with Crippen molar-refractivity contribution in [3.8, 4) is 0 Å². The van der Waals surface area contributed by atoms with Crippen molar-refractivity contribution in [2.75, 3.05) is 13.1 Å². The lowest BCUT2D eigenvalue weighted by atomic mass is 9.85. The minimum absolute atomic E-state index is 0.0395. The minimum atomic E-state index is -0.367. The maximum Gasteiger partial charge on any atom is 0.0764 e. The van der Waals surface area contributed by atoms with Gasteiger partial charge in [-0.15, -0.1) is 0 Å². The lowest BCUT2D eigenvalue weighted by Crippen LogP contribution is -2.54. The summed E-state index contributed by atoms with van der Waals surface area (Å²) in [6.07, 6.45) is 7.38. The maximum absolute atomic E-state index is 11.0. The molecule has 1 atom stereocenters. The molecule has 0 radical (unpaired) electrons. The molecule has 0 spiro atoms. The third-order valence-corrected chi connectivity index (χ3v) is 5.85. The van der Waals surface area contributed by atoms with Gasteiger partial charge in [0.15, 0.2) is 0 Å². The Kier molecular flexibility index (Phi) is 4.80. The molecule has 3 rings (SSSR count). The van der Waals surface area contributed by atoms with E-state index in [0.29, 0.717) is 16.5 Å². The largest absolute Gasteiger partial charge is 0.391 e. The summed E-state index contributed by atoms with van der Waals surface area (Å²) < 4.78 is 0. The van der Waals surface area contributed by atoms with E-state index in [1.807, 2.05) is 12.1 Å². The molecule has 1 saturated heterocycles. The fourth-order valence-corrected chi connectivity index (χ4v) is 4.50. The highest BCUT2D eigenvalue weighted by Gasteiger charge is 2.46. The van der Waals surface area contributed by atoms with Crippen LogP contribution in [-0.4, -0.2) is 34.7 Å². The number of hydrogen-bond donors (Lipinski definition) is 1. The molecule has 1 N–H and O–H groups in total. The Bertz CT molecular complexity index is 494.